The van der Waals surface area contributed by atoms with Gasteiger partial charge < -0.3 is 20.8 Å². The quantitative estimate of drug-likeness (QED) is 0.682. The Morgan fingerprint density at radius 3 is 3.04 bits per heavy atom. The van der Waals surface area contributed by atoms with Gasteiger partial charge in [-0.1, -0.05) is 0 Å². The molecule has 2 unspecified atom stereocenters. The van der Waals surface area contributed by atoms with Crippen molar-refractivity contribution in [3.8, 4) is 11.6 Å². The van der Waals surface area contributed by atoms with E-state index in [-0.39, 0.29) is 29.5 Å². The van der Waals surface area contributed by atoms with Gasteiger partial charge in [-0.15, -0.1) is 10.2 Å². The summed E-state index contributed by atoms with van der Waals surface area (Å²) < 4.78 is 5.51. The van der Waals surface area contributed by atoms with E-state index in [1.165, 1.54) is 0 Å². The van der Waals surface area contributed by atoms with Gasteiger partial charge in [-0.3, -0.25) is 4.79 Å². The van der Waals surface area contributed by atoms with E-state index >= 15 is 0 Å². The van der Waals surface area contributed by atoms with Crippen LogP contribution in [0.3, 0.4) is 0 Å². The molecular weight excluding hydrogens is 298 g/mol. The Hall–Kier alpha value is -2.55. The first-order chi connectivity index (χ1) is 11.1. The number of nitrogen functional groups attached to an aromatic ring is 1. The summed E-state index contributed by atoms with van der Waals surface area (Å²) in [5.41, 5.74) is 6.95. The molecule has 0 bridgehead atoms. The maximum absolute atomic E-state index is 11.9. The van der Waals surface area contributed by atoms with Crippen LogP contribution in [-0.2, 0) is 11.3 Å². The zero-order valence-electron chi connectivity index (χ0n) is 13.0. The van der Waals surface area contributed by atoms with Gasteiger partial charge in [0.15, 0.2) is 11.5 Å². The molecule has 0 aromatic carbocycles. The first-order valence-corrected chi connectivity index (χ1v) is 7.51. The Morgan fingerprint density at radius 1 is 1.48 bits per heavy atom. The highest BCUT2D eigenvalue weighted by Gasteiger charge is 2.45. The number of hydrogen-bond acceptors (Lipinski definition) is 8. The van der Waals surface area contributed by atoms with Crippen molar-refractivity contribution in [3.05, 3.63) is 17.8 Å². The number of amides is 1. The number of nitrogens with one attached hydrogen (secondary N) is 2. The zero-order valence-corrected chi connectivity index (χ0v) is 13.0. The Labute approximate surface area is 133 Å². The molecule has 9 nitrogen and oxygen atoms in total. The molecule has 2 aromatic rings. The lowest BCUT2D eigenvalue weighted by Gasteiger charge is -2.04. The Balaban J connectivity index is 1.81. The van der Waals surface area contributed by atoms with Gasteiger partial charge >= 0.3 is 0 Å². The number of carbonyl (C=O) groups excluding carboxylic acids is 1. The van der Waals surface area contributed by atoms with E-state index in [0.29, 0.717) is 24.7 Å². The number of carbonyl (C=O) groups is 1. The number of anilines is 1. The van der Waals surface area contributed by atoms with Gasteiger partial charge in [-0.25, -0.2) is 9.97 Å². The largest absolute Gasteiger partial charge is 0.418 e. The number of hydrogen-bond donors (Lipinski definition) is 3. The number of rotatable bonds is 6. The van der Waals surface area contributed by atoms with Gasteiger partial charge in [-0.05, 0) is 20.4 Å². The minimum atomic E-state index is -0.0525. The fraction of sp³-hybridized carbons (Fsp3) is 0.500. The summed E-state index contributed by atoms with van der Waals surface area (Å²) in [7, 11) is 1.78. The van der Waals surface area contributed by atoms with Gasteiger partial charge in [0.05, 0.1) is 18.4 Å². The third-order valence-corrected chi connectivity index (χ3v) is 3.67. The maximum atomic E-state index is 11.9. The fourth-order valence-electron chi connectivity index (χ4n) is 2.44. The molecule has 0 spiro atoms. The van der Waals surface area contributed by atoms with E-state index < -0.39 is 0 Å². The normalized spacial score (nSPS) is 19.6. The summed E-state index contributed by atoms with van der Waals surface area (Å²) in [5, 5.41) is 13.6. The lowest BCUT2D eigenvalue weighted by molar-refractivity contribution is -0.122. The highest BCUT2D eigenvalue weighted by Crippen LogP contribution is 2.47. The molecule has 2 aromatic heterocycles. The molecular formula is C14H19N7O2. The van der Waals surface area contributed by atoms with E-state index in [1.807, 2.05) is 6.92 Å². The molecule has 122 valence electrons. The average molecular weight is 317 g/mol. The minimum absolute atomic E-state index is 0.0479. The summed E-state index contributed by atoms with van der Waals surface area (Å²) in [5.74, 6) is 0.963. The third-order valence-electron chi connectivity index (χ3n) is 3.67. The van der Waals surface area contributed by atoms with Crippen LogP contribution in [0.2, 0.25) is 0 Å². The van der Waals surface area contributed by atoms with Crippen LogP contribution in [0.4, 0.5) is 5.82 Å². The van der Waals surface area contributed by atoms with Crippen LogP contribution in [0.25, 0.3) is 11.6 Å². The molecule has 4 N–H and O–H groups in total. The van der Waals surface area contributed by atoms with Crippen molar-refractivity contribution in [3.63, 3.8) is 0 Å². The maximum Gasteiger partial charge on any atom is 0.270 e. The number of nitrogens with two attached hydrogens (primary N) is 1. The molecule has 1 fully saturated rings. The van der Waals surface area contributed by atoms with Crippen molar-refractivity contribution in [2.45, 2.75) is 25.8 Å². The lowest BCUT2D eigenvalue weighted by atomic mass is 10.2. The monoisotopic (exact) mass is 317 g/mol. The minimum Gasteiger partial charge on any atom is -0.418 e. The van der Waals surface area contributed by atoms with Crippen LogP contribution >= 0.6 is 0 Å². The SMILES string of the molecule is CCNC(=O)C1CC1c1cnc(N)c(-c2nnc(CNC)o2)n1. The molecule has 2 heterocycles. The summed E-state index contributed by atoms with van der Waals surface area (Å²) >= 11 is 0. The number of aromatic nitrogens is 4. The predicted molar refractivity (Wildman–Crippen MR) is 82.0 cm³/mol. The van der Waals surface area contributed by atoms with Crippen molar-refractivity contribution in [2.75, 3.05) is 19.3 Å². The fourth-order valence-corrected chi connectivity index (χ4v) is 2.44. The smallest absolute Gasteiger partial charge is 0.270 e. The molecule has 3 rings (SSSR count). The summed E-state index contributed by atoms with van der Waals surface area (Å²) in [4.78, 5) is 20.5. The molecule has 1 aliphatic rings. The molecule has 0 aliphatic heterocycles. The average Bonchev–Trinajstić information content (AvgIpc) is 3.21. The van der Waals surface area contributed by atoms with Crippen molar-refractivity contribution in [2.24, 2.45) is 5.92 Å². The molecule has 1 amide bonds. The van der Waals surface area contributed by atoms with Crippen LogP contribution in [-0.4, -0.2) is 39.7 Å². The first-order valence-electron chi connectivity index (χ1n) is 7.51. The second-order valence-electron chi connectivity index (χ2n) is 5.40. The molecule has 0 radical (unpaired) electrons. The highest BCUT2D eigenvalue weighted by molar-refractivity contribution is 5.82. The lowest BCUT2D eigenvalue weighted by Crippen LogP contribution is -2.24. The first kappa shape index (κ1) is 15.3. The van der Waals surface area contributed by atoms with E-state index in [9.17, 15) is 4.79 Å². The van der Waals surface area contributed by atoms with Crippen molar-refractivity contribution in [1.29, 1.82) is 0 Å². The second-order valence-corrected chi connectivity index (χ2v) is 5.40. The Bertz CT molecular complexity index is 715. The van der Waals surface area contributed by atoms with Crippen LogP contribution in [0, 0.1) is 5.92 Å². The van der Waals surface area contributed by atoms with Gasteiger partial charge in [0, 0.05) is 18.4 Å². The summed E-state index contributed by atoms with van der Waals surface area (Å²) in [6, 6.07) is 0. The molecule has 1 saturated carbocycles. The molecule has 23 heavy (non-hydrogen) atoms. The standard InChI is InChI=1S/C14H19N7O2/c1-3-17-13(22)8-4-7(8)9-5-18-12(15)11(19-9)14-21-20-10(23-14)6-16-2/h5,7-8,16H,3-4,6H2,1-2H3,(H2,15,18)(H,17,22). The zero-order chi connectivity index (χ0) is 16.4. The Kier molecular flexibility index (Phi) is 4.20. The van der Waals surface area contributed by atoms with Crippen LogP contribution in [0.1, 0.15) is 30.8 Å². The van der Waals surface area contributed by atoms with Crippen molar-refractivity contribution >= 4 is 11.7 Å². The highest BCUT2D eigenvalue weighted by atomic mass is 16.4. The van der Waals surface area contributed by atoms with Gasteiger partial charge in [0.2, 0.25) is 11.8 Å². The van der Waals surface area contributed by atoms with Gasteiger partial charge in [0.1, 0.15) is 0 Å². The predicted octanol–water partition coefficient (Wildman–Crippen LogP) is 0.0678. The van der Waals surface area contributed by atoms with Gasteiger partial charge in [-0.2, -0.15) is 0 Å². The van der Waals surface area contributed by atoms with Crippen molar-refractivity contribution < 1.29 is 9.21 Å². The van der Waals surface area contributed by atoms with Gasteiger partial charge in [0.25, 0.3) is 5.89 Å². The summed E-state index contributed by atoms with van der Waals surface area (Å²) in [6.45, 7) is 2.98. The summed E-state index contributed by atoms with van der Waals surface area (Å²) in [6.07, 6.45) is 2.37. The number of nitrogens with zero attached hydrogens (tertiary/aromatic N) is 4. The van der Waals surface area contributed by atoms with Crippen LogP contribution in [0.5, 0.6) is 0 Å². The molecule has 9 heteroatoms. The van der Waals surface area contributed by atoms with E-state index in [1.54, 1.807) is 13.2 Å². The van der Waals surface area contributed by atoms with E-state index in [2.05, 4.69) is 30.8 Å². The van der Waals surface area contributed by atoms with E-state index in [4.69, 9.17) is 10.2 Å². The third kappa shape index (κ3) is 3.14. The van der Waals surface area contributed by atoms with Crippen LogP contribution in [0.15, 0.2) is 10.6 Å². The Morgan fingerprint density at radius 2 is 2.30 bits per heavy atom. The molecule has 0 saturated heterocycles. The topological polar surface area (TPSA) is 132 Å². The molecule has 2 atom stereocenters. The second kappa shape index (κ2) is 6.29. The van der Waals surface area contributed by atoms with Crippen molar-refractivity contribution in [1.82, 2.24) is 30.8 Å². The van der Waals surface area contributed by atoms with E-state index in [0.717, 1.165) is 12.1 Å². The molecule has 1 aliphatic carbocycles. The van der Waals surface area contributed by atoms with Crippen LogP contribution < -0.4 is 16.4 Å².